The van der Waals surface area contributed by atoms with Gasteiger partial charge in [0.2, 0.25) is 0 Å². The monoisotopic (exact) mass is 562 g/mol. The predicted octanol–water partition coefficient (Wildman–Crippen LogP) is 7.72. The van der Waals surface area contributed by atoms with Crippen molar-refractivity contribution in [1.29, 1.82) is 0 Å². The van der Waals surface area contributed by atoms with Gasteiger partial charge in [-0.2, -0.15) is 0 Å². The number of hydrogen-bond acceptors (Lipinski definition) is 4. The van der Waals surface area contributed by atoms with Gasteiger partial charge in [-0.25, -0.2) is 0 Å². The van der Waals surface area contributed by atoms with Crippen LogP contribution in [0.2, 0.25) is 0 Å². The summed E-state index contributed by atoms with van der Waals surface area (Å²) in [6.07, 6.45) is 9.03. The maximum atomic E-state index is 14.2. The second kappa shape index (κ2) is 9.68. The highest BCUT2D eigenvalue weighted by molar-refractivity contribution is 5.79. The molecule has 0 aliphatic heterocycles. The molecule has 0 heterocycles. The van der Waals surface area contributed by atoms with E-state index in [0.29, 0.717) is 36.7 Å². The Morgan fingerprint density at radius 3 is 2.34 bits per heavy atom. The van der Waals surface area contributed by atoms with E-state index in [-0.39, 0.29) is 33.5 Å². The number of ether oxygens (including phenoxy) is 1. The summed E-state index contributed by atoms with van der Waals surface area (Å²) in [6, 6.07) is 10.1. The van der Waals surface area contributed by atoms with E-state index in [0.717, 1.165) is 50.5 Å². The number of hydrogen-bond donors (Lipinski definition) is 2. The van der Waals surface area contributed by atoms with Crippen LogP contribution >= 0.6 is 0 Å². The zero-order valence-corrected chi connectivity index (χ0v) is 26.6. The highest BCUT2D eigenvalue weighted by Crippen LogP contribution is 2.75. The van der Waals surface area contributed by atoms with Gasteiger partial charge < -0.3 is 14.9 Å². The standard InChI is InChI=1S/C37H54O4/c1-23-15-18-37(32(40)41-22-25-11-9-8-10-12-25)20-19-35(6)26(30(37)24(23)2)13-14-29-34(5)21-27(38)31(39)33(3,4)28(34)16-17-36(29,35)7/h8-13,23-24,27-31,38-39H,14-22H2,1-7H3/t23-,24+,27+,28+,29-,30+,31-,34+,35-,36-,37+/m1/s1. The maximum Gasteiger partial charge on any atom is 0.313 e. The molecule has 0 saturated heterocycles. The van der Waals surface area contributed by atoms with Crippen LogP contribution < -0.4 is 0 Å². The Hall–Kier alpha value is -1.65. The Labute approximate surface area is 248 Å². The molecule has 4 saturated carbocycles. The van der Waals surface area contributed by atoms with Crippen molar-refractivity contribution >= 4 is 5.97 Å². The third kappa shape index (κ3) is 3.94. The van der Waals surface area contributed by atoms with E-state index in [2.05, 4.69) is 54.5 Å². The first-order valence-corrected chi connectivity index (χ1v) is 16.5. The summed E-state index contributed by atoms with van der Waals surface area (Å²) < 4.78 is 6.17. The molecule has 5 aliphatic carbocycles. The van der Waals surface area contributed by atoms with Gasteiger partial charge in [0.15, 0.2) is 0 Å². The molecule has 0 spiro atoms. The Kier molecular flexibility index (Phi) is 6.95. The molecular weight excluding hydrogens is 508 g/mol. The van der Waals surface area contributed by atoms with Crippen molar-refractivity contribution in [3.63, 3.8) is 0 Å². The zero-order chi connectivity index (χ0) is 29.6. The second-order valence-electron chi connectivity index (χ2n) is 16.4. The molecule has 0 aromatic heterocycles. The summed E-state index contributed by atoms with van der Waals surface area (Å²) in [4.78, 5) is 14.2. The third-order valence-corrected chi connectivity index (χ3v) is 14.5. The van der Waals surface area contributed by atoms with Crippen LogP contribution in [0.5, 0.6) is 0 Å². The Bertz CT molecular complexity index is 1200. The maximum absolute atomic E-state index is 14.2. The molecule has 5 aliphatic rings. The topological polar surface area (TPSA) is 66.8 Å². The number of aliphatic hydroxyl groups excluding tert-OH is 2. The van der Waals surface area contributed by atoms with Crippen LogP contribution in [0.25, 0.3) is 0 Å². The first-order chi connectivity index (χ1) is 19.2. The molecule has 226 valence electrons. The number of fused-ring (bicyclic) bond motifs is 7. The van der Waals surface area contributed by atoms with Gasteiger partial charge in [0.05, 0.1) is 17.6 Å². The van der Waals surface area contributed by atoms with Crippen molar-refractivity contribution in [1.82, 2.24) is 0 Å². The van der Waals surface area contributed by atoms with Crippen LogP contribution in [0.4, 0.5) is 0 Å². The van der Waals surface area contributed by atoms with E-state index in [9.17, 15) is 15.0 Å². The lowest BCUT2D eigenvalue weighted by molar-refractivity contribution is -0.232. The summed E-state index contributed by atoms with van der Waals surface area (Å²) in [5, 5.41) is 22.1. The number of carbonyl (C=O) groups excluding carboxylic acids is 1. The number of rotatable bonds is 3. The minimum Gasteiger partial charge on any atom is -0.460 e. The molecule has 0 radical (unpaired) electrons. The second-order valence-corrected chi connectivity index (χ2v) is 16.4. The SMILES string of the molecule is C[C@H]1[C@H](C)CC[C@]2(C(=O)OCc3ccccc3)CC[C@]3(C)C(=CC[C@@H]4[C@@]5(C)C[C@H](O)[C@@H](O)C(C)(C)[C@@H]5CC[C@]43C)[C@H]12. The summed E-state index contributed by atoms with van der Waals surface area (Å²) in [6.45, 7) is 17.0. The molecule has 41 heavy (non-hydrogen) atoms. The van der Waals surface area contributed by atoms with E-state index < -0.39 is 17.6 Å². The molecule has 4 heteroatoms. The summed E-state index contributed by atoms with van der Waals surface area (Å²) in [5.41, 5.74) is 1.89. The molecule has 4 nitrogen and oxygen atoms in total. The minimum absolute atomic E-state index is 0.00819. The Morgan fingerprint density at radius 1 is 0.927 bits per heavy atom. The van der Waals surface area contributed by atoms with Crippen molar-refractivity contribution in [3.8, 4) is 0 Å². The normalized spacial score (nSPS) is 48.5. The van der Waals surface area contributed by atoms with Crippen LogP contribution in [-0.4, -0.2) is 28.4 Å². The summed E-state index contributed by atoms with van der Waals surface area (Å²) >= 11 is 0. The number of carbonyl (C=O) groups is 1. The lowest BCUT2D eigenvalue weighted by atomic mass is 9.33. The van der Waals surface area contributed by atoms with Gasteiger partial charge in [0, 0.05) is 0 Å². The Balaban J connectivity index is 1.38. The smallest absolute Gasteiger partial charge is 0.313 e. The van der Waals surface area contributed by atoms with Crippen LogP contribution in [0.3, 0.4) is 0 Å². The van der Waals surface area contributed by atoms with Crippen LogP contribution in [-0.2, 0) is 16.1 Å². The van der Waals surface area contributed by atoms with E-state index >= 15 is 0 Å². The number of aliphatic hydroxyl groups is 2. The lowest BCUT2D eigenvalue weighted by Gasteiger charge is -2.71. The molecule has 4 fully saturated rings. The van der Waals surface area contributed by atoms with E-state index in [4.69, 9.17) is 4.74 Å². The van der Waals surface area contributed by atoms with Crippen molar-refractivity contribution < 1.29 is 19.7 Å². The van der Waals surface area contributed by atoms with Crippen LogP contribution in [0.15, 0.2) is 42.0 Å². The van der Waals surface area contributed by atoms with Crippen LogP contribution in [0.1, 0.15) is 105 Å². The van der Waals surface area contributed by atoms with Gasteiger partial charge >= 0.3 is 5.97 Å². The van der Waals surface area contributed by atoms with Gasteiger partial charge in [0.1, 0.15) is 6.61 Å². The molecule has 6 rings (SSSR count). The average molecular weight is 563 g/mol. The number of allylic oxidation sites excluding steroid dienone is 2. The summed E-state index contributed by atoms with van der Waals surface area (Å²) in [5.74, 6) is 2.06. The fraction of sp³-hybridized carbons (Fsp3) is 0.757. The first-order valence-electron chi connectivity index (χ1n) is 16.5. The van der Waals surface area contributed by atoms with Crippen LogP contribution in [0, 0.1) is 56.7 Å². The number of benzene rings is 1. The minimum atomic E-state index is -0.676. The molecule has 11 atom stereocenters. The fourth-order valence-electron chi connectivity index (χ4n) is 11.8. The van der Waals surface area contributed by atoms with E-state index in [1.165, 1.54) is 5.57 Å². The highest BCUT2D eigenvalue weighted by atomic mass is 16.5. The van der Waals surface area contributed by atoms with Gasteiger partial charge in [-0.1, -0.05) is 90.4 Å². The van der Waals surface area contributed by atoms with Gasteiger partial charge in [-0.15, -0.1) is 0 Å². The van der Waals surface area contributed by atoms with E-state index in [1.807, 2.05) is 30.3 Å². The molecule has 2 N–H and O–H groups in total. The molecule has 1 aromatic rings. The molecule has 0 amide bonds. The summed E-state index contributed by atoms with van der Waals surface area (Å²) in [7, 11) is 0. The largest absolute Gasteiger partial charge is 0.460 e. The quantitative estimate of drug-likeness (QED) is 0.292. The van der Waals surface area contributed by atoms with Crippen molar-refractivity contribution in [3.05, 3.63) is 47.5 Å². The highest BCUT2D eigenvalue weighted by Gasteiger charge is 2.70. The van der Waals surface area contributed by atoms with Gasteiger partial charge in [-0.05, 0) is 108 Å². The van der Waals surface area contributed by atoms with Crippen molar-refractivity contribution in [2.45, 2.75) is 119 Å². The molecule has 1 aromatic carbocycles. The van der Waals surface area contributed by atoms with E-state index in [1.54, 1.807) is 0 Å². The zero-order valence-electron chi connectivity index (χ0n) is 26.6. The molecule has 0 unspecified atom stereocenters. The number of esters is 1. The first kappa shape index (κ1) is 29.4. The Morgan fingerprint density at radius 2 is 1.63 bits per heavy atom. The third-order valence-electron chi connectivity index (χ3n) is 14.5. The molecule has 0 bridgehead atoms. The van der Waals surface area contributed by atoms with Crippen molar-refractivity contribution in [2.75, 3.05) is 0 Å². The van der Waals surface area contributed by atoms with Gasteiger partial charge in [0.25, 0.3) is 0 Å². The predicted molar refractivity (Wildman–Crippen MR) is 163 cm³/mol. The molecular formula is C37H54O4. The van der Waals surface area contributed by atoms with Gasteiger partial charge in [-0.3, -0.25) is 4.79 Å². The lowest BCUT2D eigenvalue weighted by Crippen LogP contribution is -2.67. The van der Waals surface area contributed by atoms with Crippen molar-refractivity contribution in [2.24, 2.45) is 56.7 Å². The fourth-order valence-corrected chi connectivity index (χ4v) is 11.8. The average Bonchev–Trinajstić information content (AvgIpc) is 2.93.